The molecule has 5 nitrogen and oxygen atoms in total. The zero-order valence-electron chi connectivity index (χ0n) is 18.6. The largest absolute Gasteiger partial charge is 0.491 e. The molecular weight excluding hydrogens is 442 g/mol. The van der Waals surface area contributed by atoms with Crippen LogP contribution in [0, 0.1) is 5.92 Å². The molecule has 0 radical (unpaired) electrons. The zero-order chi connectivity index (χ0) is 23.4. The van der Waals surface area contributed by atoms with Gasteiger partial charge in [0, 0.05) is 0 Å². The molecule has 0 saturated carbocycles. The van der Waals surface area contributed by atoms with Crippen molar-refractivity contribution >= 4 is 46.3 Å². The van der Waals surface area contributed by atoms with E-state index in [2.05, 4.69) is 0 Å². The Morgan fingerprint density at radius 3 is 2.16 bits per heavy atom. The molecule has 1 fully saturated rings. The summed E-state index contributed by atoms with van der Waals surface area (Å²) in [6.45, 7) is 7.71. The number of hydrogen-bond donors (Lipinski definition) is 1. The van der Waals surface area contributed by atoms with Crippen molar-refractivity contribution in [3.8, 4) is 16.9 Å². The van der Waals surface area contributed by atoms with Crippen molar-refractivity contribution in [2.75, 3.05) is 0 Å². The first-order valence-corrected chi connectivity index (χ1v) is 11.8. The Balaban J connectivity index is 1.78. The molecule has 1 heterocycles. The number of rotatable bonds is 8. The van der Waals surface area contributed by atoms with Gasteiger partial charge in [-0.25, -0.2) is 4.79 Å². The number of carboxylic acids is 1. The number of ether oxygens (including phenoxy) is 1. The van der Waals surface area contributed by atoms with Crippen LogP contribution in [0.2, 0.25) is 0 Å². The summed E-state index contributed by atoms with van der Waals surface area (Å²) in [5.74, 6) is -0.756. The van der Waals surface area contributed by atoms with Crippen LogP contribution in [0.4, 0.5) is 0 Å². The highest BCUT2D eigenvalue weighted by atomic mass is 32.2. The van der Waals surface area contributed by atoms with Gasteiger partial charge in [0.1, 0.15) is 16.1 Å². The summed E-state index contributed by atoms with van der Waals surface area (Å²) >= 11 is 6.50. The third-order valence-corrected chi connectivity index (χ3v) is 6.64. The molecule has 1 saturated heterocycles. The number of nitrogens with zero attached hydrogens (tertiary/aromatic N) is 1. The smallest absolute Gasteiger partial charge is 0.327 e. The van der Waals surface area contributed by atoms with Crippen molar-refractivity contribution in [2.24, 2.45) is 5.92 Å². The van der Waals surface area contributed by atoms with Crippen LogP contribution in [-0.4, -0.2) is 38.3 Å². The second-order valence-electron chi connectivity index (χ2n) is 8.03. The molecule has 1 aliphatic heterocycles. The Morgan fingerprint density at radius 1 is 1.09 bits per heavy atom. The number of aliphatic carboxylic acids is 1. The third-order valence-electron chi connectivity index (χ3n) is 5.31. The van der Waals surface area contributed by atoms with Gasteiger partial charge in [-0.15, -0.1) is 0 Å². The van der Waals surface area contributed by atoms with E-state index in [0.29, 0.717) is 11.3 Å². The van der Waals surface area contributed by atoms with Crippen LogP contribution in [-0.2, 0) is 9.59 Å². The molecule has 0 bridgehead atoms. The molecule has 32 heavy (non-hydrogen) atoms. The van der Waals surface area contributed by atoms with E-state index in [1.807, 2.05) is 76.2 Å². The van der Waals surface area contributed by atoms with Crippen LogP contribution < -0.4 is 4.74 Å². The number of carbonyl (C=O) groups is 2. The fourth-order valence-electron chi connectivity index (χ4n) is 3.47. The highest BCUT2D eigenvalue weighted by Crippen LogP contribution is 2.36. The summed E-state index contributed by atoms with van der Waals surface area (Å²) < 4.78 is 5.97. The number of amides is 1. The first-order valence-electron chi connectivity index (χ1n) is 10.6. The molecule has 1 N–H and O–H groups in total. The van der Waals surface area contributed by atoms with Crippen LogP contribution in [0.3, 0.4) is 0 Å². The van der Waals surface area contributed by atoms with E-state index in [-0.39, 0.29) is 22.2 Å². The fourth-order valence-corrected chi connectivity index (χ4v) is 4.80. The predicted molar refractivity (Wildman–Crippen MR) is 134 cm³/mol. The summed E-state index contributed by atoms with van der Waals surface area (Å²) in [5, 5.41) is 9.66. The van der Waals surface area contributed by atoms with Crippen molar-refractivity contribution in [1.82, 2.24) is 4.90 Å². The standard InChI is InChI=1S/C25H27NO4S2/c1-5-16(4)22(24(28)29)26-23(27)21(32-25(26)31)14-17-6-8-18(9-7-17)19-10-12-20(13-11-19)30-15(2)3/h6-16,22H,5H2,1-4H3,(H,28,29)/t16-,22+/m1/s1. The summed E-state index contributed by atoms with van der Waals surface area (Å²) in [5.41, 5.74) is 2.97. The Labute approximate surface area is 198 Å². The SMILES string of the molecule is CC[C@@H](C)[C@@H](C(=O)O)N1C(=O)C(=Cc2ccc(-c3ccc(OC(C)C)cc3)cc2)SC1=S. The maximum atomic E-state index is 13.0. The van der Waals surface area contributed by atoms with Gasteiger partial charge in [0.25, 0.3) is 5.91 Å². The zero-order valence-corrected chi connectivity index (χ0v) is 20.2. The van der Waals surface area contributed by atoms with Crippen LogP contribution in [0.15, 0.2) is 53.4 Å². The summed E-state index contributed by atoms with van der Waals surface area (Å²) in [7, 11) is 0. The molecule has 7 heteroatoms. The van der Waals surface area contributed by atoms with E-state index in [1.54, 1.807) is 6.08 Å². The lowest BCUT2D eigenvalue weighted by Gasteiger charge is -2.27. The van der Waals surface area contributed by atoms with E-state index in [4.69, 9.17) is 17.0 Å². The predicted octanol–water partition coefficient (Wildman–Crippen LogP) is 5.84. The van der Waals surface area contributed by atoms with Gasteiger partial charge < -0.3 is 9.84 Å². The minimum Gasteiger partial charge on any atom is -0.491 e. The number of hydrogen-bond acceptors (Lipinski definition) is 5. The molecular formula is C25H27NO4S2. The normalized spacial score (nSPS) is 17.2. The lowest BCUT2D eigenvalue weighted by atomic mass is 9.98. The third kappa shape index (κ3) is 5.40. The average Bonchev–Trinajstić information content (AvgIpc) is 3.02. The maximum Gasteiger partial charge on any atom is 0.327 e. The molecule has 0 unspecified atom stereocenters. The van der Waals surface area contributed by atoms with Crippen LogP contribution in [0.25, 0.3) is 17.2 Å². The number of benzene rings is 2. The van der Waals surface area contributed by atoms with Crippen LogP contribution in [0.5, 0.6) is 5.75 Å². The van der Waals surface area contributed by atoms with Crippen molar-refractivity contribution in [3.05, 3.63) is 59.0 Å². The highest BCUT2D eigenvalue weighted by Gasteiger charge is 2.42. The van der Waals surface area contributed by atoms with E-state index >= 15 is 0 Å². The number of carboxylic acid groups (broad SMARTS) is 1. The van der Waals surface area contributed by atoms with E-state index < -0.39 is 12.0 Å². The molecule has 3 rings (SSSR count). The van der Waals surface area contributed by atoms with Crippen molar-refractivity contribution < 1.29 is 19.4 Å². The summed E-state index contributed by atoms with van der Waals surface area (Å²) in [4.78, 5) is 26.4. The molecule has 0 spiro atoms. The number of thiocarbonyl (C=S) groups is 1. The molecule has 0 aromatic heterocycles. The Kier molecular flexibility index (Phi) is 7.74. The Morgan fingerprint density at radius 2 is 1.66 bits per heavy atom. The van der Waals surface area contributed by atoms with Gasteiger partial charge in [-0.2, -0.15) is 0 Å². The van der Waals surface area contributed by atoms with E-state index in [1.165, 1.54) is 4.90 Å². The molecule has 168 valence electrons. The van der Waals surface area contributed by atoms with Gasteiger partial charge in [-0.05, 0) is 54.7 Å². The fraction of sp³-hybridized carbons (Fsp3) is 0.320. The van der Waals surface area contributed by atoms with E-state index in [9.17, 15) is 14.7 Å². The minimum atomic E-state index is -1.04. The van der Waals surface area contributed by atoms with Crippen molar-refractivity contribution in [3.63, 3.8) is 0 Å². The maximum absolute atomic E-state index is 13.0. The molecule has 0 aliphatic carbocycles. The average molecular weight is 470 g/mol. The van der Waals surface area contributed by atoms with Crippen molar-refractivity contribution in [1.29, 1.82) is 0 Å². The molecule has 2 aromatic rings. The topological polar surface area (TPSA) is 66.8 Å². The Hall–Kier alpha value is -2.64. The quantitative estimate of drug-likeness (QED) is 0.387. The number of thioether (sulfide) groups is 1. The van der Waals surface area contributed by atoms with Crippen LogP contribution >= 0.6 is 24.0 Å². The second kappa shape index (κ2) is 10.3. The lowest BCUT2D eigenvalue weighted by molar-refractivity contribution is -0.147. The van der Waals surface area contributed by atoms with Gasteiger partial charge in [0.05, 0.1) is 11.0 Å². The van der Waals surface area contributed by atoms with Crippen molar-refractivity contribution in [2.45, 2.75) is 46.3 Å². The summed E-state index contributed by atoms with van der Waals surface area (Å²) in [6, 6.07) is 14.8. The minimum absolute atomic E-state index is 0.129. The van der Waals surface area contributed by atoms with Gasteiger partial charge in [0.15, 0.2) is 0 Å². The first-order chi connectivity index (χ1) is 15.2. The lowest BCUT2D eigenvalue weighted by Crippen LogP contribution is -2.47. The second-order valence-corrected chi connectivity index (χ2v) is 9.71. The molecule has 1 amide bonds. The monoisotopic (exact) mass is 469 g/mol. The summed E-state index contributed by atoms with van der Waals surface area (Å²) in [6.07, 6.45) is 2.53. The molecule has 2 atom stereocenters. The van der Waals surface area contributed by atoms with Gasteiger partial charge in [-0.3, -0.25) is 9.69 Å². The number of carbonyl (C=O) groups excluding carboxylic acids is 1. The van der Waals surface area contributed by atoms with Crippen LogP contribution in [0.1, 0.15) is 39.7 Å². The van der Waals surface area contributed by atoms with Gasteiger partial charge in [0.2, 0.25) is 0 Å². The highest BCUT2D eigenvalue weighted by molar-refractivity contribution is 8.26. The van der Waals surface area contributed by atoms with E-state index in [0.717, 1.165) is 34.2 Å². The van der Waals surface area contributed by atoms with Gasteiger partial charge in [-0.1, -0.05) is 80.6 Å². The first kappa shape index (κ1) is 24.0. The van der Waals surface area contributed by atoms with Gasteiger partial charge >= 0.3 is 5.97 Å². The Bertz CT molecular complexity index is 1030. The molecule has 2 aromatic carbocycles. The molecule has 1 aliphatic rings.